The quantitative estimate of drug-likeness (QED) is 0.891. The van der Waals surface area contributed by atoms with Gasteiger partial charge >= 0.3 is 0 Å². The van der Waals surface area contributed by atoms with Gasteiger partial charge in [0.15, 0.2) is 11.6 Å². The SMILES string of the molecule is CNC(c1ccc(F)c(F)c1)c1cccc(C)c1F. The van der Waals surface area contributed by atoms with Crippen LogP contribution in [0.5, 0.6) is 0 Å². The molecule has 0 aliphatic heterocycles. The topological polar surface area (TPSA) is 12.0 Å². The smallest absolute Gasteiger partial charge is 0.159 e. The van der Waals surface area contributed by atoms with Crippen molar-refractivity contribution in [1.29, 1.82) is 0 Å². The van der Waals surface area contributed by atoms with Crippen LogP contribution in [0.1, 0.15) is 22.7 Å². The summed E-state index contributed by atoms with van der Waals surface area (Å²) < 4.78 is 40.3. The van der Waals surface area contributed by atoms with Gasteiger partial charge in [0.25, 0.3) is 0 Å². The highest BCUT2D eigenvalue weighted by molar-refractivity contribution is 5.35. The molecule has 100 valence electrons. The van der Waals surface area contributed by atoms with Gasteiger partial charge < -0.3 is 5.32 Å². The Morgan fingerprint density at radius 1 is 1.00 bits per heavy atom. The normalized spacial score (nSPS) is 12.5. The Hall–Kier alpha value is -1.81. The minimum atomic E-state index is -0.939. The van der Waals surface area contributed by atoms with Gasteiger partial charge in [-0.25, -0.2) is 13.2 Å². The van der Waals surface area contributed by atoms with Crippen LogP contribution in [0.4, 0.5) is 13.2 Å². The Labute approximate surface area is 110 Å². The maximum atomic E-state index is 14.1. The molecule has 0 heterocycles. The maximum absolute atomic E-state index is 14.1. The molecule has 19 heavy (non-hydrogen) atoms. The highest BCUT2D eigenvalue weighted by Gasteiger charge is 2.18. The van der Waals surface area contributed by atoms with E-state index < -0.39 is 17.7 Å². The van der Waals surface area contributed by atoms with Crippen molar-refractivity contribution in [3.05, 3.63) is 70.5 Å². The second-order valence-electron chi connectivity index (χ2n) is 4.37. The van der Waals surface area contributed by atoms with E-state index in [1.165, 1.54) is 6.07 Å². The number of hydrogen-bond donors (Lipinski definition) is 1. The summed E-state index contributed by atoms with van der Waals surface area (Å²) in [5.74, 6) is -2.19. The fourth-order valence-electron chi connectivity index (χ4n) is 2.09. The molecule has 0 saturated carbocycles. The predicted octanol–water partition coefficient (Wildman–Crippen LogP) is 3.72. The van der Waals surface area contributed by atoms with E-state index in [0.717, 1.165) is 12.1 Å². The highest BCUT2D eigenvalue weighted by atomic mass is 19.2. The van der Waals surface area contributed by atoms with Gasteiger partial charge in [-0.1, -0.05) is 24.3 Å². The van der Waals surface area contributed by atoms with E-state index in [4.69, 9.17) is 0 Å². The molecule has 1 N–H and O–H groups in total. The summed E-state index contributed by atoms with van der Waals surface area (Å²) >= 11 is 0. The second kappa shape index (κ2) is 5.45. The third-order valence-corrected chi connectivity index (χ3v) is 3.10. The van der Waals surface area contributed by atoms with Crippen molar-refractivity contribution < 1.29 is 13.2 Å². The molecular formula is C15H14F3N. The number of nitrogens with one attached hydrogen (secondary N) is 1. The Balaban J connectivity index is 2.50. The minimum Gasteiger partial charge on any atom is -0.309 e. The monoisotopic (exact) mass is 265 g/mol. The first kappa shape index (κ1) is 13.6. The molecular weight excluding hydrogens is 251 g/mol. The van der Waals surface area contributed by atoms with E-state index in [1.54, 1.807) is 32.2 Å². The molecule has 0 aliphatic rings. The van der Waals surface area contributed by atoms with Crippen molar-refractivity contribution in [2.75, 3.05) is 7.05 Å². The van der Waals surface area contributed by atoms with Gasteiger partial charge in [0.2, 0.25) is 0 Å². The second-order valence-corrected chi connectivity index (χ2v) is 4.37. The average Bonchev–Trinajstić information content (AvgIpc) is 2.39. The molecule has 0 aromatic heterocycles. The summed E-state index contributed by atoms with van der Waals surface area (Å²) in [5, 5.41) is 2.92. The molecule has 0 aliphatic carbocycles. The number of hydrogen-bond acceptors (Lipinski definition) is 1. The fraction of sp³-hybridized carbons (Fsp3) is 0.200. The van der Waals surface area contributed by atoms with E-state index in [1.807, 2.05) is 0 Å². The lowest BCUT2D eigenvalue weighted by molar-refractivity contribution is 0.503. The summed E-state index contributed by atoms with van der Waals surface area (Å²) in [6.45, 7) is 1.66. The minimum absolute atomic E-state index is 0.341. The first-order valence-corrected chi connectivity index (χ1v) is 5.92. The molecule has 0 radical (unpaired) electrons. The molecule has 2 aromatic carbocycles. The summed E-state index contributed by atoms with van der Waals surface area (Å²) in [5.41, 5.74) is 1.40. The van der Waals surface area contributed by atoms with E-state index in [2.05, 4.69) is 5.32 Å². The lowest BCUT2D eigenvalue weighted by atomic mass is 9.96. The summed E-state index contributed by atoms with van der Waals surface area (Å²) in [6, 6.07) is 8.08. The molecule has 1 unspecified atom stereocenters. The first-order valence-electron chi connectivity index (χ1n) is 5.92. The maximum Gasteiger partial charge on any atom is 0.159 e. The van der Waals surface area contributed by atoms with Gasteiger partial charge in [0.05, 0.1) is 6.04 Å². The van der Waals surface area contributed by atoms with Crippen LogP contribution in [0.25, 0.3) is 0 Å². The van der Waals surface area contributed by atoms with E-state index >= 15 is 0 Å². The van der Waals surface area contributed by atoms with Crippen LogP contribution >= 0.6 is 0 Å². The van der Waals surface area contributed by atoms with Gasteiger partial charge in [-0.2, -0.15) is 0 Å². The molecule has 2 aromatic rings. The van der Waals surface area contributed by atoms with E-state index in [-0.39, 0.29) is 5.82 Å². The van der Waals surface area contributed by atoms with Gasteiger partial charge in [-0.15, -0.1) is 0 Å². The number of halogens is 3. The third-order valence-electron chi connectivity index (χ3n) is 3.10. The van der Waals surface area contributed by atoms with Gasteiger partial charge in [0, 0.05) is 5.56 Å². The van der Waals surface area contributed by atoms with Crippen LogP contribution in [-0.2, 0) is 0 Å². The van der Waals surface area contributed by atoms with Crippen molar-refractivity contribution >= 4 is 0 Å². The van der Waals surface area contributed by atoms with Crippen LogP contribution in [-0.4, -0.2) is 7.05 Å². The average molecular weight is 265 g/mol. The standard InChI is InChI=1S/C15H14F3N/c1-9-4-3-5-11(14(9)18)15(19-2)10-6-7-12(16)13(17)8-10/h3-8,15,19H,1-2H3. The largest absolute Gasteiger partial charge is 0.309 e. The van der Waals surface area contributed by atoms with E-state index in [9.17, 15) is 13.2 Å². The molecule has 0 saturated heterocycles. The zero-order valence-corrected chi connectivity index (χ0v) is 10.7. The molecule has 0 spiro atoms. The van der Waals surface area contributed by atoms with E-state index in [0.29, 0.717) is 16.7 Å². The zero-order valence-electron chi connectivity index (χ0n) is 10.7. The highest BCUT2D eigenvalue weighted by Crippen LogP contribution is 2.26. The zero-order chi connectivity index (χ0) is 14.0. The molecule has 0 bridgehead atoms. The molecule has 0 fully saturated rings. The fourth-order valence-corrected chi connectivity index (χ4v) is 2.09. The van der Waals surface area contributed by atoms with Gasteiger partial charge in [-0.05, 0) is 37.2 Å². The Morgan fingerprint density at radius 2 is 1.74 bits per heavy atom. The Bertz CT molecular complexity index is 596. The van der Waals surface area contributed by atoms with Crippen LogP contribution in [0.15, 0.2) is 36.4 Å². The number of aryl methyl sites for hydroxylation is 1. The van der Waals surface area contributed by atoms with Crippen molar-refractivity contribution in [3.8, 4) is 0 Å². The molecule has 2 rings (SSSR count). The Morgan fingerprint density at radius 3 is 2.37 bits per heavy atom. The Kier molecular flexibility index (Phi) is 3.90. The van der Waals surface area contributed by atoms with Gasteiger partial charge in [0.1, 0.15) is 5.82 Å². The molecule has 0 amide bonds. The van der Waals surface area contributed by atoms with Crippen molar-refractivity contribution in [1.82, 2.24) is 5.32 Å². The third kappa shape index (κ3) is 2.63. The van der Waals surface area contributed by atoms with Gasteiger partial charge in [-0.3, -0.25) is 0 Å². The number of benzene rings is 2. The van der Waals surface area contributed by atoms with Crippen molar-refractivity contribution in [3.63, 3.8) is 0 Å². The molecule has 1 nitrogen and oxygen atoms in total. The lowest BCUT2D eigenvalue weighted by Gasteiger charge is -2.19. The molecule has 1 atom stereocenters. The summed E-state index contributed by atoms with van der Waals surface area (Å²) in [7, 11) is 1.65. The first-order chi connectivity index (χ1) is 9.04. The summed E-state index contributed by atoms with van der Waals surface area (Å²) in [6.07, 6.45) is 0. The van der Waals surface area contributed by atoms with Crippen LogP contribution in [0.2, 0.25) is 0 Å². The number of rotatable bonds is 3. The van der Waals surface area contributed by atoms with Crippen molar-refractivity contribution in [2.24, 2.45) is 0 Å². The summed E-state index contributed by atoms with van der Waals surface area (Å²) in [4.78, 5) is 0. The predicted molar refractivity (Wildman–Crippen MR) is 68.4 cm³/mol. The van der Waals surface area contributed by atoms with Crippen LogP contribution in [0, 0.1) is 24.4 Å². The van der Waals surface area contributed by atoms with Crippen LogP contribution in [0.3, 0.4) is 0 Å². The molecule has 4 heteroatoms. The van der Waals surface area contributed by atoms with Crippen LogP contribution < -0.4 is 5.32 Å². The lowest BCUT2D eigenvalue weighted by Crippen LogP contribution is -2.19. The van der Waals surface area contributed by atoms with Crippen molar-refractivity contribution in [2.45, 2.75) is 13.0 Å².